The highest BCUT2D eigenvalue weighted by Crippen LogP contribution is 2.32. The molecule has 7 nitrogen and oxygen atoms in total. The van der Waals surface area contributed by atoms with Crippen molar-refractivity contribution in [2.45, 2.75) is 37.7 Å². The van der Waals surface area contributed by atoms with E-state index in [0.717, 1.165) is 26.1 Å². The van der Waals surface area contributed by atoms with Gasteiger partial charge in [-0.1, -0.05) is 20.8 Å². The number of thioether (sulfide) groups is 1. The van der Waals surface area contributed by atoms with Gasteiger partial charge in [0.2, 0.25) is 11.8 Å². The summed E-state index contributed by atoms with van der Waals surface area (Å²) in [6.45, 7) is 8.60. The van der Waals surface area contributed by atoms with E-state index < -0.39 is 4.92 Å². The van der Waals surface area contributed by atoms with Crippen LogP contribution in [0, 0.1) is 10.1 Å². The number of hydrogen-bond acceptors (Lipinski definition) is 7. The molecule has 0 bridgehead atoms. The number of anilines is 2. The predicted octanol–water partition coefficient (Wildman–Crippen LogP) is 2.54. The Morgan fingerprint density at radius 2 is 2.14 bits per heavy atom. The van der Waals surface area contributed by atoms with E-state index in [0.29, 0.717) is 22.3 Å². The molecule has 1 aliphatic rings. The second kappa shape index (κ2) is 6.93. The molecule has 0 radical (unpaired) electrons. The summed E-state index contributed by atoms with van der Waals surface area (Å²) in [5, 5.41) is 15.2. The average molecular weight is 311 g/mol. The summed E-state index contributed by atoms with van der Waals surface area (Å²) in [7, 11) is 0. The van der Waals surface area contributed by atoms with Gasteiger partial charge < -0.3 is 10.2 Å². The standard InChI is InChI=1S/C13H21N5O2S/c1-4-5-14-13-15-6-11(18(19)20)12(16-13)17-7-9(2)21-10(3)8-17/h6,9-10H,4-5,7-8H2,1-3H3,(H,14,15,16). The molecule has 1 aromatic heterocycles. The highest BCUT2D eigenvalue weighted by molar-refractivity contribution is 8.00. The summed E-state index contributed by atoms with van der Waals surface area (Å²) in [5.41, 5.74) is -0.0247. The number of nitrogens with one attached hydrogen (secondary N) is 1. The molecule has 1 saturated heterocycles. The number of nitrogens with zero attached hydrogens (tertiary/aromatic N) is 4. The van der Waals surface area contributed by atoms with Gasteiger partial charge in [0.1, 0.15) is 6.20 Å². The quantitative estimate of drug-likeness (QED) is 0.660. The lowest BCUT2D eigenvalue weighted by Crippen LogP contribution is -2.41. The van der Waals surface area contributed by atoms with Crippen LogP contribution in [-0.4, -0.2) is 45.0 Å². The van der Waals surface area contributed by atoms with E-state index in [4.69, 9.17) is 0 Å². The first kappa shape index (κ1) is 15.8. The van der Waals surface area contributed by atoms with E-state index in [2.05, 4.69) is 29.1 Å². The van der Waals surface area contributed by atoms with Crippen LogP contribution in [0.25, 0.3) is 0 Å². The van der Waals surface area contributed by atoms with Gasteiger partial charge in [0.25, 0.3) is 0 Å². The first-order valence-corrected chi connectivity index (χ1v) is 8.11. The third kappa shape index (κ3) is 3.96. The zero-order valence-electron chi connectivity index (χ0n) is 12.6. The lowest BCUT2D eigenvalue weighted by atomic mass is 10.3. The van der Waals surface area contributed by atoms with E-state index in [-0.39, 0.29) is 5.69 Å². The summed E-state index contributed by atoms with van der Waals surface area (Å²) in [6, 6.07) is 0. The third-order valence-electron chi connectivity index (χ3n) is 3.20. The Balaban J connectivity index is 2.31. The maximum absolute atomic E-state index is 11.2. The van der Waals surface area contributed by atoms with Crippen molar-refractivity contribution in [3.05, 3.63) is 16.3 Å². The molecule has 2 heterocycles. The van der Waals surface area contributed by atoms with Gasteiger partial charge >= 0.3 is 5.69 Å². The third-order valence-corrected chi connectivity index (χ3v) is 4.43. The van der Waals surface area contributed by atoms with Gasteiger partial charge in [-0.25, -0.2) is 4.98 Å². The lowest BCUT2D eigenvalue weighted by molar-refractivity contribution is -0.384. The van der Waals surface area contributed by atoms with Crippen molar-refractivity contribution in [1.82, 2.24) is 9.97 Å². The molecule has 1 fully saturated rings. The van der Waals surface area contributed by atoms with Gasteiger partial charge in [-0.3, -0.25) is 10.1 Å². The molecule has 21 heavy (non-hydrogen) atoms. The Kier molecular flexibility index (Phi) is 5.22. The molecule has 8 heteroatoms. The first-order chi connectivity index (χ1) is 10.0. The molecule has 1 N–H and O–H groups in total. The van der Waals surface area contributed by atoms with E-state index in [1.807, 2.05) is 23.6 Å². The molecule has 2 unspecified atom stereocenters. The summed E-state index contributed by atoms with van der Waals surface area (Å²) in [5.74, 6) is 0.878. The van der Waals surface area contributed by atoms with Crippen molar-refractivity contribution < 1.29 is 4.92 Å². The zero-order chi connectivity index (χ0) is 15.4. The maximum atomic E-state index is 11.2. The van der Waals surface area contributed by atoms with Crippen molar-refractivity contribution in [2.24, 2.45) is 0 Å². The van der Waals surface area contributed by atoms with Gasteiger partial charge in [-0.15, -0.1) is 0 Å². The largest absolute Gasteiger partial charge is 0.354 e. The highest BCUT2D eigenvalue weighted by atomic mass is 32.2. The van der Waals surface area contributed by atoms with Crippen LogP contribution >= 0.6 is 11.8 Å². The van der Waals surface area contributed by atoms with Crippen LogP contribution in [0.3, 0.4) is 0 Å². The molecule has 2 rings (SSSR count). The molecule has 116 valence electrons. The van der Waals surface area contributed by atoms with Gasteiger partial charge in [-0.2, -0.15) is 16.7 Å². The lowest BCUT2D eigenvalue weighted by Gasteiger charge is -2.35. The number of nitro groups is 1. The number of rotatable bonds is 5. The van der Waals surface area contributed by atoms with Crippen LogP contribution in [0.15, 0.2) is 6.20 Å². The molecule has 0 amide bonds. The van der Waals surface area contributed by atoms with Crippen LogP contribution in [0.4, 0.5) is 17.5 Å². The van der Waals surface area contributed by atoms with Crippen molar-refractivity contribution in [1.29, 1.82) is 0 Å². The smallest absolute Gasteiger partial charge is 0.329 e. The predicted molar refractivity (Wildman–Crippen MR) is 86.2 cm³/mol. The molecule has 0 spiro atoms. The molecule has 2 atom stereocenters. The summed E-state index contributed by atoms with van der Waals surface area (Å²) < 4.78 is 0. The van der Waals surface area contributed by atoms with E-state index >= 15 is 0 Å². The molecule has 0 aliphatic carbocycles. The minimum Gasteiger partial charge on any atom is -0.354 e. The monoisotopic (exact) mass is 311 g/mol. The fraction of sp³-hybridized carbons (Fsp3) is 0.692. The Morgan fingerprint density at radius 3 is 2.71 bits per heavy atom. The highest BCUT2D eigenvalue weighted by Gasteiger charge is 2.29. The van der Waals surface area contributed by atoms with Crippen molar-refractivity contribution in [2.75, 3.05) is 29.9 Å². The molecule has 1 aliphatic heterocycles. The average Bonchev–Trinajstić information content (AvgIpc) is 2.43. The fourth-order valence-corrected chi connectivity index (χ4v) is 3.73. The van der Waals surface area contributed by atoms with E-state index in [9.17, 15) is 10.1 Å². The second-order valence-corrected chi connectivity index (χ2v) is 7.13. The van der Waals surface area contributed by atoms with E-state index in [1.165, 1.54) is 6.20 Å². The molecular weight excluding hydrogens is 290 g/mol. The zero-order valence-corrected chi connectivity index (χ0v) is 13.4. The Hall–Kier alpha value is -1.57. The van der Waals surface area contributed by atoms with Gasteiger partial charge in [-0.05, 0) is 6.42 Å². The molecule has 0 aromatic carbocycles. The fourth-order valence-electron chi connectivity index (χ4n) is 2.40. The van der Waals surface area contributed by atoms with Crippen LogP contribution < -0.4 is 10.2 Å². The second-order valence-electron chi connectivity index (χ2n) is 5.25. The van der Waals surface area contributed by atoms with Gasteiger partial charge in [0.15, 0.2) is 0 Å². The Bertz CT molecular complexity index is 503. The first-order valence-electron chi connectivity index (χ1n) is 7.17. The summed E-state index contributed by atoms with van der Waals surface area (Å²) in [4.78, 5) is 21.2. The van der Waals surface area contributed by atoms with E-state index in [1.54, 1.807) is 0 Å². The summed E-state index contributed by atoms with van der Waals surface area (Å²) >= 11 is 1.90. The Labute approximate surface area is 128 Å². The Morgan fingerprint density at radius 1 is 1.48 bits per heavy atom. The SMILES string of the molecule is CCCNc1ncc([N+](=O)[O-])c(N2CC(C)SC(C)C2)n1. The molecule has 0 saturated carbocycles. The van der Waals surface area contributed by atoms with Crippen LogP contribution in [0.1, 0.15) is 27.2 Å². The van der Waals surface area contributed by atoms with Crippen LogP contribution in [-0.2, 0) is 0 Å². The van der Waals surface area contributed by atoms with Crippen molar-refractivity contribution >= 4 is 29.2 Å². The van der Waals surface area contributed by atoms with Crippen molar-refractivity contribution in [3.63, 3.8) is 0 Å². The number of aromatic nitrogens is 2. The number of hydrogen-bond donors (Lipinski definition) is 1. The minimum atomic E-state index is -0.407. The van der Waals surface area contributed by atoms with Crippen LogP contribution in [0.5, 0.6) is 0 Å². The molecular formula is C13H21N5O2S. The normalized spacial score (nSPS) is 22.1. The maximum Gasteiger partial charge on any atom is 0.329 e. The van der Waals surface area contributed by atoms with Gasteiger partial charge in [0.05, 0.1) is 4.92 Å². The van der Waals surface area contributed by atoms with Crippen LogP contribution in [0.2, 0.25) is 0 Å². The topological polar surface area (TPSA) is 84.2 Å². The van der Waals surface area contributed by atoms with Gasteiger partial charge in [0, 0.05) is 30.1 Å². The molecule has 1 aromatic rings. The summed E-state index contributed by atoms with van der Waals surface area (Å²) in [6.07, 6.45) is 2.25. The van der Waals surface area contributed by atoms with Crippen molar-refractivity contribution in [3.8, 4) is 0 Å². The minimum absolute atomic E-state index is 0.0247.